The highest BCUT2D eigenvalue weighted by molar-refractivity contribution is 6.05. The van der Waals surface area contributed by atoms with Gasteiger partial charge in [0.1, 0.15) is 11.3 Å². The van der Waals surface area contributed by atoms with Crippen molar-refractivity contribution in [3.63, 3.8) is 0 Å². The molecule has 2 fully saturated rings. The highest BCUT2D eigenvalue weighted by atomic mass is 19.3. The molecule has 3 aromatic rings. The summed E-state index contributed by atoms with van der Waals surface area (Å²) in [5.41, 5.74) is 7.85. The normalized spacial score (nSPS) is 18.7. The van der Waals surface area contributed by atoms with Crippen LogP contribution in [0.5, 0.6) is 5.75 Å². The van der Waals surface area contributed by atoms with E-state index in [0.29, 0.717) is 29.3 Å². The first-order valence-corrected chi connectivity index (χ1v) is 12.7. The molecule has 3 heterocycles. The van der Waals surface area contributed by atoms with Crippen LogP contribution in [0, 0.1) is 11.8 Å². The fourth-order valence-electron chi connectivity index (χ4n) is 5.31. The lowest BCUT2D eigenvalue weighted by atomic mass is 10.0. The first-order valence-electron chi connectivity index (χ1n) is 12.7. The smallest absolute Gasteiger partial charge is 0.387 e. The number of benzene rings is 1. The molecule has 2 aliphatic carbocycles. The highest BCUT2D eigenvalue weighted by Crippen LogP contribution is 2.42. The third-order valence-electron chi connectivity index (χ3n) is 7.75. The van der Waals surface area contributed by atoms with E-state index in [2.05, 4.69) is 15.4 Å². The molecule has 1 aliphatic heterocycles. The number of ether oxygens (including phenoxy) is 1. The second kappa shape index (κ2) is 9.19. The zero-order valence-corrected chi connectivity index (χ0v) is 20.7. The number of hydrogen-bond donors (Lipinski definition) is 3. The Balaban J connectivity index is 1.38. The zero-order chi connectivity index (χ0) is 26.7. The number of nitrogen functional groups attached to an aromatic ring is 1. The lowest BCUT2D eigenvalue weighted by Gasteiger charge is -2.24. The van der Waals surface area contributed by atoms with E-state index in [1.54, 1.807) is 23.2 Å². The number of halogens is 2. The Labute approximate surface area is 216 Å². The number of nitrogens with two attached hydrogens (primary N) is 1. The molecule has 2 atom stereocenters. The Hall–Kier alpha value is -3.80. The van der Waals surface area contributed by atoms with E-state index >= 15 is 0 Å². The zero-order valence-electron chi connectivity index (χ0n) is 20.7. The Morgan fingerprint density at radius 3 is 2.66 bits per heavy atom. The van der Waals surface area contributed by atoms with E-state index in [0.717, 1.165) is 25.7 Å². The van der Waals surface area contributed by atoms with Crippen molar-refractivity contribution in [2.75, 3.05) is 12.3 Å². The molecule has 2 saturated carbocycles. The SMILES string of the molecule is CC(C1CC1)N1Cc2cc(-c3ccn4nc(N)c(C(=O)N[C@@H](CO)C5CC5)c4n3)cc(OC(F)F)c2C1=O. The summed E-state index contributed by atoms with van der Waals surface area (Å²) in [5.74, 6) is -0.407. The number of amides is 2. The van der Waals surface area contributed by atoms with Crippen molar-refractivity contribution in [3.8, 4) is 17.0 Å². The Kier molecular flexibility index (Phi) is 5.93. The largest absolute Gasteiger partial charge is 0.434 e. The maximum atomic E-state index is 13.3. The minimum absolute atomic E-state index is 0.00134. The Bertz CT molecular complexity index is 1430. The van der Waals surface area contributed by atoms with Crippen LogP contribution in [-0.4, -0.2) is 61.7 Å². The van der Waals surface area contributed by atoms with Gasteiger partial charge in [-0.1, -0.05) is 0 Å². The van der Waals surface area contributed by atoms with Crippen molar-refractivity contribution in [3.05, 3.63) is 41.1 Å². The van der Waals surface area contributed by atoms with Gasteiger partial charge in [-0.05, 0) is 68.2 Å². The summed E-state index contributed by atoms with van der Waals surface area (Å²) in [6, 6.07) is 4.36. The summed E-state index contributed by atoms with van der Waals surface area (Å²) >= 11 is 0. The average molecular weight is 527 g/mol. The van der Waals surface area contributed by atoms with E-state index in [-0.39, 0.29) is 58.9 Å². The van der Waals surface area contributed by atoms with Crippen LogP contribution in [0.4, 0.5) is 14.6 Å². The molecule has 0 spiro atoms. The summed E-state index contributed by atoms with van der Waals surface area (Å²) in [6.07, 6.45) is 5.52. The van der Waals surface area contributed by atoms with Gasteiger partial charge in [0.25, 0.3) is 11.8 Å². The molecule has 200 valence electrons. The van der Waals surface area contributed by atoms with Crippen LogP contribution in [0.15, 0.2) is 24.4 Å². The van der Waals surface area contributed by atoms with E-state index in [9.17, 15) is 23.5 Å². The molecule has 1 aromatic carbocycles. The van der Waals surface area contributed by atoms with E-state index in [4.69, 9.17) is 10.5 Å². The fourth-order valence-corrected chi connectivity index (χ4v) is 5.31. The number of rotatable bonds is 9. The molecule has 3 aliphatic rings. The van der Waals surface area contributed by atoms with Crippen molar-refractivity contribution in [1.82, 2.24) is 24.8 Å². The van der Waals surface area contributed by atoms with Crippen LogP contribution in [0.2, 0.25) is 0 Å². The molecule has 10 nitrogen and oxygen atoms in total. The number of aliphatic hydroxyl groups excluding tert-OH is 1. The number of anilines is 1. The topological polar surface area (TPSA) is 135 Å². The van der Waals surface area contributed by atoms with Crippen molar-refractivity contribution >= 4 is 23.3 Å². The van der Waals surface area contributed by atoms with Gasteiger partial charge in [0.2, 0.25) is 0 Å². The lowest BCUT2D eigenvalue weighted by Crippen LogP contribution is -2.39. The van der Waals surface area contributed by atoms with Crippen LogP contribution < -0.4 is 15.8 Å². The number of alkyl halides is 2. The Morgan fingerprint density at radius 1 is 1.26 bits per heavy atom. The molecular formula is C26H28F2N6O4. The molecule has 38 heavy (non-hydrogen) atoms. The van der Waals surface area contributed by atoms with Crippen LogP contribution in [0.1, 0.15) is 58.9 Å². The standard InChI is InChI=1S/C26H28F2N6O4/c1-12(13-2-3-13)33-10-16-8-15(9-19(38-26(27)28)20(16)25(33)37)17-6-7-34-23(30-17)21(22(29)32-34)24(36)31-18(11-35)14-4-5-14/h6-9,12-14,18,26,35H,2-5,10-11H2,1H3,(H2,29,32)(H,31,36)/t12?,18-/m0/s1. The third kappa shape index (κ3) is 4.32. The van der Waals surface area contributed by atoms with Gasteiger partial charge < -0.3 is 25.8 Å². The molecule has 0 saturated heterocycles. The van der Waals surface area contributed by atoms with Crippen molar-refractivity contribution in [2.24, 2.45) is 11.8 Å². The number of nitrogens with one attached hydrogen (secondary N) is 1. The fraction of sp³-hybridized carbons (Fsp3) is 0.462. The van der Waals surface area contributed by atoms with Crippen LogP contribution in [-0.2, 0) is 6.54 Å². The van der Waals surface area contributed by atoms with Crippen molar-refractivity contribution in [1.29, 1.82) is 0 Å². The van der Waals surface area contributed by atoms with Gasteiger partial charge in [0.15, 0.2) is 11.5 Å². The minimum atomic E-state index is -3.11. The van der Waals surface area contributed by atoms with Gasteiger partial charge in [0.05, 0.1) is 23.9 Å². The van der Waals surface area contributed by atoms with Gasteiger partial charge >= 0.3 is 6.61 Å². The molecule has 12 heteroatoms. The predicted molar refractivity (Wildman–Crippen MR) is 133 cm³/mol. The van der Waals surface area contributed by atoms with Crippen molar-refractivity contribution < 1.29 is 28.2 Å². The van der Waals surface area contributed by atoms with Crippen molar-refractivity contribution in [2.45, 2.75) is 57.8 Å². The van der Waals surface area contributed by atoms with Gasteiger partial charge in [-0.15, -0.1) is 5.10 Å². The van der Waals surface area contributed by atoms with Crippen LogP contribution >= 0.6 is 0 Å². The summed E-state index contributed by atoms with van der Waals surface area (Å²) in [4.78, 5) is 32.6. The number of nitrogens with zero attached hydrogens (tertiary/aromatic N) is 4. The monoisotopic (exact) mass is 526 g/mol. The van der Waals surface area contributed by atoms with Gasteiger partial charge in [-0.3, -0.25) is 9.59 Å². The lowest BCUT2D eigenvalue weighted by molar-refractivity contribution is -0.0501. The second-order valence-corrected chi connectivity index (χ2v) is 10.3. The average Bonchev–Trinajstić information content (AvgIpc) is 3.80. The van der Waals surface area contributed by atoms with Crippen LogP contribution in [0.3, 0.4) is 0 Å². The summed E-state index contributed by atoms with van der Waals surface area (Å²) in [5, 5.41) is 16.6. The highest BCUT2D eigenvalue weighted by Gasteiger charge is 2.40. The number of fused-ring (bicyclic) bond motifs is 2. The third-order valence-corrected chi connectivity index (χ3v) is 7.75. The van der Waals surface area contributed by atoms with Gasteiger partial charge in [-0.2, -0.15) is 8.78 Å². The number of carbonyl (C=O) groups excluding carboxylic acids is 2. The van der Waals surface area contributed by atoms with E-state index in [1.807, 2.05) is 6.92 Å². The molecule has 0 radical (unpaired) electrons. The van der Waals surface area contributed by atoms with Gasteiger partial charge in [0, 0.05) is 24.3 Å². The first-order chi connectivity index (χ1) is 18.2. The maximum Gasteiger partial charge on any atom is 0.387 e. The molecule has 1 unspecified atom stereocenters. The Morgan fingerprint density at radius 2 is 2.00 bits per heavy atom. The molecule has 6 rings (SSSR count). The summed E-state index contributed by atoms with van der Waals surface area (Å²) < 4.78 is 32.8. The van der Waals surface area contributed by atoms with Gasteiger partial charge in [-0.25, -0.2) is 9.50 Å². The molecule has 4 N–H and O–H groups in total. The molecule has 2 aromatic heterocycles. The molecule has 2 amide bonds. The molecular weight excluding hydrogens is 498 g/mol. The quantitative estimate of drug-likeness (QED) is 0.390. The molecule has 0 bridgehead atoms. The number of aromatic nitrogens is 3. The minimum Gasteiger partial charge on any atom is -0.434 e. The van der Waals surface area contributed by atoms with Crippen LogP contribution in [0.25, 0.3) is 16.9 Å². The number of carbonyl (C=O) groups is 2. The summed E-state index contributed by atoms with van der Waals surface area (Å²) in [7, 11) is 0. The number of hydrogen-bond acceptors (Lipinski definition) is 7. The second-order valence-electron chi connectivity index (χ2n) is 10.3. The maximum absolute atomic E-state index is 13.3. The van der Waals surface area contributed by atoms with E-state index < -0.39 is 12.5 Å². The predicted octanol–water partition coefficient (Wildman–Crippen LogP) is 2.83. The summed E-state index contributed by atoms with van der Waals surface area (Å²) in [6.45, 7) is -1.03. The van der Waals surface area contributed by atoms with E-state index in [1.165, 1.54) is 10.6 Å². The first kappa shape index (κ1) is 24.5. The number of aliphatic hydroxyl groups is 1.